The van der Waals surface area contributed by atoms with Gasteiger partial charge in [0.15, 0.2) is 0 Å². The van der Waals surface area contributed by atoms with Gasteiger partial charge in [-0.3, -0.25) is 0 Å². The molecule has 7 aromatic rings. The van der Waals surface area contributed by atoms with Crippen molar-refractivity contribution in [3.63, 3.8) is 0 Å². The maximum absolute atomic E-state index is 8.69. The minimum atomic E-state index is -2.70. The number of benzene rings is 3. The number of furan rings is 1. The molecule has 0 spiro atoms. The molecule has 4 heterocycles. The number of fused-ring (bicyclic) bond motifs is 3. The molecule has 52 heavy (non-hydrogen) atoms. The summed E-state index contributed by atoms with van der Waals surface area (Å²) in [7, 11) is -2.03. The van der Waals surface area contributed by atoms with Gasteiger partial charge in [0.1, 0.15) is 0 Å². The Morgan fingerprint density at radius 2 is 1.58 bits per heavy atom. The zero-order chi connectivity index (χ0) is 50.1. The minimum absolute atomic E-state index is 0. The van der Waals surface area contributed by atoms with Crippen LogP contribution in [0, 0.1) is 45.0 Å². The molecule has 4 aromatic heterocycles. The van der Waals surface area contributed by atoms with E-state index in [9.17, 15) is 0 Å². The van der Waals surface area contributed by atoms with Crippen molar-refractivity contribution >= 4 is 30.1 Å². The van der Waals surface area contributed by atoms with E-state index in [0.29, 0.717) is 38.7 Å². The smallest absolute Gasteiger partial charge is 0.216 e. The van der Waals surface area contributed by atoms with Crippen molar-refractivity contribution in [3.05, 3.63) is 137 Å². The average Bonchev–Trinajstić information content (AvgIpc) is 3.60. The standard InChI is InChI=1S/C30H29N2O.C16H20NSi.Ir/c1-18-14-21(16-30(4,5)6)11-13-22(18)26-15-27(31-17-19(26)2)25-9-7-8-23-24-12-10-20(3)32-29(24)33-28(23)25;1-13-5-8-15(9-6-13)16-10-7-14(11-17-16)12-18(2,3)4;/h7-8,10-15,17H,16H2,1-6H3;5-8,10-11H,12H2,1-4H3;/q2*-1;/i1D3,2D3,3D3,16D2;1D3,12D2;. The van der Waals surface area contributed by atoms with Crippen LogP contribution in [0.2, 0.25) is 19.6 Å². The van der Waals surface area contributed by atoms with Gasteiger partial charge in [-0.2, -0.15) is 0 Å². The second-order valence-corrected chi connectivity index (χ2v) is 19.0. The van der Waals surface area contributed by atoms with Crippen molar-refractivity contribution in [2.24, 2.45) is 5.41 Å². The van der Waals surface area contributed by atoms with Gasteiger partial charge in [-0.1, -0.05) is 94.6 Å². The molecule has 1 radical (unpaired) electrons. The van der Waals surface area contributed by atoms with Gasteiger partial charge in [0.2, 0.25) is 5.71 Å². The second kappa shape index (κ2) is 15.8. The monoisotopic (exact) mass is 896 g/mol. The Morgan fingerprint density at radius 3 is 2.25 bits per heavy atom. The fraction of sp³-hybridized carbons (Fsp3) is 0.283. The van der Waals surface area contributed by atoms with Crippen LogP contribution in [0.3, 0.4) is 0 Å². The molecule has 0 saturated carbocycles. The Bertz CT molecular complexity index is 2930. The van der Waals surface area contributed by atoms with Gasteiger partial charge in [0, 0.05) is 73.6 Å². The summed E-state index contributed by atoms with van der Waals surface area (Å²) >= 11 is 0. The third-order valence-corrected chi connectivity index (χ3v) is 8.70. The van der Waals surface area contributed by atoms with E-state index in [2.05, 4.69) is 27.1 Å². The summed E-state index contributed by atoms with van der Waals surface area (Å²) in [5.74, 6) is -1.35. The quantitative estimate of drug-likeness (QED) is 0.123. The molecule has 0 N–H and O–H groups in total. The predicted octanol–water partition coefficient (Wildman–Crippen LogP) is 12.3. The van der Waals surface area contributed by atoms with Crippen LogP contribution in [0.15, 0.2) is 95.7 Å². The van der Waals surface area contributed by atoms with Crippen LogP contribution in [-0.4, -0.2) is 23.0 Å². The first kappa shape index (κ1) is 22.8. The predicted molar refractivity (Wildman–Crippen MR) is 217 cm³/mol. The summed E-state index contributed by atoms with van der Waals surface area (Å²) in [5, 5.41) is 1.18. The van der Waals surface area contributed by atoms with Gasteiger partial charge >= 0.3 is 0 Å². The molecule has 0 saturated heterocycles. The van der Waals surface area contributed by atoms with Gasteiger partial charge in [-0.25, -0.2) is 4.98 Å². The molecule has 0 bridgehead atoms. The van der Waals surface area contributed by atoms with E-state index >= 15 is 0 Å². The molecule has 0 fully saturated rings. The van der Waals surface area contributed by atoms with Crippen LogP contribution in [-0.2, 0) is 32.5 Å². The van der Waals surface area contributed by atoms with Gasteiger partial charge in [-0.05, 0) is 95.2 Å². The molecule has 4 nitrogen and oxygen atoms in total. The summed E-state index contributed by atoms with van der Waals surface area (Å²) in [6.07, 6.45) is 0.851. The maximum atomic E-state index is 8.69. The Kier molecular flexibility index (Phi) is 6.91. The van der Waals surface area contributed by atoms with Crippen molar-refractivity contribution < 1.29 is 46.5 Å². The first-order chi connectivity index (χ1) is 30.5. The fourth-order valence-electron chi connectivity index (χ4n) is 5.56. The molecular formula is C46H49IrN3OSi-2. The Morgan fingerprint density at radius 1 is 0.769 bits per heavy atom. The molecule has 7 rings (SSSR count). The van der Waals surface area contributed by atoms with Crippen molar-refractivity contribution in [3.8, 4) is 33.6 Å². The number of pyridine rings is 3. The van der Waals surface area contributed by atoms with E-state index in [4.69, 9.17) is 26.3 Å². The van der Waals surface area contributed by atoms with Crippen LogP contribution in [0.1, 0.15) is 76.2 Å². The maximum Gasteiger partial charge on any atom is 0.216 e. The van der Waals surface area contributed by atoms with Gasteiger partial charge < -0.3 is 14.4 Å². The summed E-state index contributed by atoms with van der Waals surface area (Å²) < 4.78 is 134. The van der Waals surface area contributed by atoms with Crippen LogP contribution < -0.4 is 0 Å². The Balaban J connectivity index is 0.000000304. The number of aryl methyl sites for hydroxylation is 4. The number of hydrogen-bond acceptors (Lipinski definition) is 4. The molecule has 0 aliphatic carbocycles. The number of hydrogen-bond donors (Lipinski definition) is 0. The fourth-order valence-corrected chi connectivity index (χ4v) is 6.58. The third-order valence-electron chi connectivity index (χ3n) is 7.66. The molecule has 0 atom stereocenters. The number of rotatable bonds is 6. The minimum Gasteiger partial charge on any atom is -0.486 e. The second-order valence-electron chi connectivity index (χ2n) is 14.3. The molecule has 0 aliphatic heterocycles. The summed E-state index contributed by atoms with van der Waals surface area (Å²) in [6.45, 7) is 1.17. The molecule has 0 unspecified atom stereocenters. The number of nitrogens with zero attached hydrogens (tertiary/aromatic N) is 3. The third kappa shape index (κ3) is 9.41. The van der Waals surface area contributed by atoms with E-state index in [1.54, 1.807) is 69.4 Å². The van der Waals surface area contributed by atoms with Crippen molar-refractivity contribution in [1.82, 2.24) is 15.0 Å². The van der Waals surface area contributed by atoms with Crippen molar-refractivity contribution in [2.45, 2.75) is 80.2 Å². The van der Waals surface area contributed by atoms with Gasteiger partial charge in [-0.15, -0.1) is 53.6 Å². The van der Waals surface area contributed by atoms with E-state index in [0.717, 1.165) is 0 Å². The summed E-state index contributed by atoms with van der Waals surface area (Å²) in [5.41, 5.74) is 2.13. The molecule has 6 heteroatoms. The topological polar surface area (TPSA) is 51.8 Å². The first-order valence-electron chi connectivity index (χ1n) is 24.4. The number of aromatic nitrogens is 3. The molecular weight excluding hydrogens is 831 g/mol. The molecule has 0 aliphatic rings. The van der Waals surface area contributed by atoms with E-state index in [1.165, 1.54) is 42.6 Å². The van der Waals surface area contributed by atoms with Gasteiger partial charge in [0.25, 0.3) is 0 Å². The van der Waals surface area contributed by atoms with Crippen LogP contribution in [0.5, 0.6) is 0 Å². The molecule has 0 amide bonds. The Labute approximate surface area is 347 Å². The van der Waals surface area contributed by atoms with Crippen LogP contribution >= 0.6 is 0 Å². The van der Waals surface area contributed by atoms with E-state index in [1.807, 2.05) is 19.6 Å². The summed E-state index contributed by atoms with van der Waals surface area (Å²) in [6, 6.07) is 26.3. The Hall–Kier alpha value is -4.22. The zero-order valence-electron chi connectivity index (χ0n) is 45.7. The van der Waals surface area contributed by atoms with Crippen molar-refractivity contribution in [2.75, 3.05) is 0 Å². The van der Waals surface area contributed by atoms with Gasteiger partial charge in [0.05, 0.1) is 5.58 Å². The largest absolute Gasteiger partial charge is 0.486 e. The summed E-state index contributed by atoms with van der Waals surface area (Å²) in [4.78, 5) is 12.9. The van der Waals surface area contributed by atoms with E-state index < -0.39 is 53.3 Å². The van der Waals surface area contributed by atoms with E-state index in [-0.39, 0.29) is 70.6 Å². The van der Waals surface area contributed by atoms with Crippen LogP contribution in [0.25, 0.3) is 55.7 Å². The van der Waals surface area contributed by atoms with Crippen molar-refractivity contribution in [1.29, 1.82) is 0 Å². The normalized spacial score (nSPS) is 17.7. The SMILES string of the molecule is [2H]C([2H])([2H])c1c[c-]c(-c2ccc(C([2H])([2H])[Si](C)(C)C)cn2)cc1.[2H]C([2H])([2H])c1ccc2c(n1)oc1c(-c3cc(-c4ccc(C([2H])([2H])C(C)(C)C)cc4C([2H])([2H])[2H])c(C([2H])([2H])[2H])cn3)[c-]ccc12.[Ir]. The molecule has 3 aromatic carbocycles. The zero-order valence-corrected chi connectivity index (χ0v) is 33.1. The first-order valence-corrected chi connectivity index (χ1v) is 19.9. The molecule has 269 valence electrons. The van der Waals surface area contributed by atoms with Crippen LogP contribution in [0.4, 0.5) is 0 Å². The average molecular weight is 896 g/mol.